The van der Waals surface area contributed by atoms with E-state index in [2.05, 4.69) is 28.0 Å². The highest BCUT2D eigenvalue weighted by Gasteiger charge is 2.19. The van der Waals surface area contributed by atoms with E-state index in [1.807, 2.05) is 79.4 Å². The Labute approximate surface area is 184 Å². The van der Waals surface area contributed by atoms with Gasteiger partial charge in [0, 0.05) is 47.3 Å². The van der Waals surface area contributed by atoms with Crippen LogP contribution in [0.5, 0.6) is 0 Å². The summed E-state index contributed by atoms with van der Waals surface area (Å²) in [5, 5.41) is 5.33. The Balaban J connectivity index is 1.76. The van der Waals surface area contributed by atoms with Gasteiger partial charge in [-0.2, -0.15) is 5.10 Å². The molecular formula is C24H23BrN4O. The fourth-order valence-corrected chi connectivity index (χ4v) is 3.90. The molecule has 0 aliphatic heterocycles. The third kappa shape index (κ3) is 4.00. The predicted molar refractivity (Wildman–Crippen MR) is 123 cm³/mol. The predicted octanol–water partition coefficient (Wildman–Crippen LogP) is 5.46. The lowest BCUT2D eigenvalue weighted by atomic mass is 10.0. The summed E-state index contributed by atoms with van der Waals surface area (Å²) in [6.45, 7) is 5.34. The summed E-state index contributed by atoms with van der Waals surface area (Å²) in [6.07, 6.45) is 2.01. The molecule has 0 atom stereocenters. The van der Waals surface area contributed by atoms with Crippen LogP contribution >= 0.6 is 15.9 Å². The van der Waals surface area contributed by atoms with E-state index in [4.69, 9.17) is 4.98 Å². The average Bonchev–Trinajstić information content (AvgIpc) is 3.12. The number of fused-ring (bicyclic) bond motifs is 1. The van der Waals surface area contributed by atoms with E-state index in [1.54, 1.807) is 4.90 Å². The first kappa shape index (κ1) is 20.3. The number of halogens is 1. The first-order valence-electron chi connectivity index (χ1n) is 9.90. The van der Waals surface area contributed by atoms with Crippen LogP contribution in [-0.2, 0) is 13.1 Å². The van der Waals surface area contributed by atoms with E-state index < -0.39 is 0 Å². The van der Waals surface area contributed by atoms with E-state index in [-0.39, 0.29) is 5.91 Å². The molecule has 0 saturated carbocycles. The Morgan fingerprint density at radius 3 is 2.60 bits per heavy atom. The molecule has 6 heteroatoms. The fourth-order valence-electron chi connectivity index (χ4n) is 3.54. The minimum absolute atomic E-state index is 0.0404. The Morgan fingerprint density at radius 2 is 1.90 bits per heavy atom. The van der Waals surface area contributed by atoms with Crippen LogP contribution in [0.4, 0.5) is 0 Å². The van der Waals surface area contributed by atoms with Crippen LogP contribution in [0.2, 0.25) is 0 Å². The number of rotatable bonds is 5. The van der Waals surface area contributed by atoms with Gasteiger partial charge in [0.1, 0.15) is 0 Å². The van der Waals surface area contributed by atoms with Gasteiger partial charge in [0.15, 0.2) is 0 Å². The molecule has 2 aromatic carbocycles. The molecule has 0 N–H and O–H groups in total. The molecule has 152 valence electrons. The molecular weight excluding hydrogens is 440 g/mol. The largest absolute Gasteiger partial charge is 0.337 e. The number of nitrogens with zero attached hydrogens (tertiary/aromatic N) is 4. The molecule has 0 radical (unpaired) electrons. The van der Waals surface area contributed by atoms with E-state index in [0.29, 0.717) is 12.1 Å². The Morgan fingerprint density at radius 1 is 1.13 bits per heavy atom. The van der Waals surface area contributed by atoms with Gasteiger partial charge in [-0.05, 0) is 38.1 Å². The summed E-state index contributed by atoms with van der Waals surface area (Å²) >= 11 is 3.53. The average molecular weight is 463 g/mol. The van der Waals surface area contributed by atoms with Crippen molar-refractivity contribution in [2.75, 3.05) is 7.05 Å². The molecule has 0 saturated heterocycles. The van der Waals surface area contributed by atoms with Crippen molar-refractivity contribution in [1.29, 1.82) is 0 Å². The van der Waals surface area contributed by atoms with Crippen LogP contribution in [0.3, 0.4) is 0 Å². The van der Waals surface area contributed by atoms with Crippen LogP contribution in [0.15, 0.2) is 65.3 Å². The second kappa shape index (κ2) is 8.40. The van der Waals surface area contributed by atoms with Crippen LogP contribution < -0.4 is 0 Å². The molecule has 4 rings (SSSR count). The number of carbonyl (C=O) groups excluding carboxylic acids is 1. The normalized spacial score (nSPS) is 11.1. The Hall–Kier alpha value is -2.99. The highest BCUT2D eigenvalue weighted by Crippen LogP contribution is 2.28. The zero-order valence-corrected chi connectivity index (χ0v) is 18.8. The van der Waals surface area contributed by atoms with Gasteiger partial charge >= 0.3 is 0 Å². The number of pyridine rings is 1. The van der Waals surface area contributed by atoms with Crippen LogP contribution in [-0.4, -0.2) is 32.6 Å². The molecule has 0 fully saturated rings. The first-order valence-corrected chi connectivity index (χ1v) is 10.7. The SMILES string of the molecule is CCn1cc(CN(C)C(=O)c2cc(-c3ccccc3)nc3ccc(Br)cc23)c(C)n1. The smallest absolute Gasteiger partial charge is 0.254 e. The zero-order valence-electron chi connectivity index (χ0n) is 17.3. The first-order chi connectivity index (χ1) is 14.5. The summed E-state index contributed by atoms with van der Waals surface area (Å²) in [5.74, 6) is -0.0404. The summed E-state index contributed by atoms with van der Waals surface area (Å²) in [7, 11) is 1.83. The van der Waals surface area contributed by atoms with E-state index >= 15 is 0 Å². The summed E-state index contributed by atoms with van der Waals surface area (Å²) in [4.78, 5) is 20.0. The quantitative estimate of drug-likeness (QED) is 0.395. The van der Waals surface area contributed by atoms with Gasteiger partial charge in [-0.15, -0.1) is 0 Å². The number of aryl methyl sites for hydroxylation is 2. The number of hydrogen-bond donors (Lipinski definition) is 0. The monoisotopic (exact) mass is 462 g/mol. The van der Waals surface area contributed by atoms with Gasteiger partial charge < -0.3 is 4.90 Å². The lowest BCUT2D eigenvalue weighted by Crippen LogP contribution is -2.26. The molecule has 2 heterocycles. The second-order valence-electron chi connectivity index (χ2n) is 7.34. The lowest BCUT2D eigenvalue weighted by Gasteiger charge is -2.19. The third-order valence-corrected chi connectivity index (χ3v) is 5.69. The maximum Gasteiger partial charge on any atom is 0.254 e. The van der Waals surface area contributed by atoms with Gasteiger partial charge in [0.25, 0.3) is 5.91 Å². The third-order valence-electron chi connectivity index (χ3n) is 5.20. The number of carbonyl (C=O) groups is 1. The molecule has 4 aromatic rings. The van der Waals surface area contributed by atoms with Gasteiger partial charge in [0.05, 0.1) is 22.5 Å². The van der Waals surface area contributed by atoms with Crippen LogP contribution in [0.25, 0.3) is 22.2 Å². The van der Waals surface area contributed by atoms with Gasteiger partial charge in [-0.25, -0.2) is 4.98 Å². The van der Waals surface area contributed by atoms with Gasteiger partial charge in [0.2, 0.25) is 0 Å². The summed E-state index contributed by atoms with van der Waals surface area (Å²) < 4.78 is 2.82. The maximum absolute atomic E-state index is 13.5. The van der Waals surface area contributed by atoms with Crippen LogP contribution in [0.1, 0.15) is 28.5 Å². The maximum atomic E-state index is 13.5. The second-order valence-corrected chi connectivity index (χ2v) is 8.25. The van der Waals surface area contributed by atoms with Crippen molar-refractivity contribution in [2.24, 2.45) is 0 Å². The van der Waals surface area contributed by atoms with Gasteiger partial charge in [-0.3, -0.25) is 9.48 Å². The van der Waals surface area contributed by atoms with Crippen molar-refractivity contribution in [3.05, 3.63) is 82.1 Å². The van der Waals surface area contributed by atoms with Gasteiger partial charge in [-0.1, -0.05) is 46.3 Å². The molecule has 1 amide bonds. The zero-order chi connectivity index (χ0) is 21.3. The molecule has 0 aliphatic carbocycles. The number of benzene rings is 2. The molecule has 0 aliphatic rings. The van der Waals surface area contributed by atoms with Crippen LogP contribution in [0, 0.1) is 6.92 Å². The number of aromatic nitrogens is 3. The lowest BCUT2D eigenvalue weighted by molar-refractivity contribution is 0.0787. The van der Waals surface area contributed by atoms with Crippen molar-refractivity contribution in [2.45, 2.75) is 26.9 Å². The molecule has 0 spiro atoms. The summed E-state index contributed by atoms with van der Waals surface area (Å²) in [5.41, 5.74) is 5.21. The number of amides is 1. The fraction of sp³-hybridized carbons (Fsp3) is 0.208. The van der Waals surface area contributed by atoms with Crippen molar-refractivity contribution < 1.29 is 4.79 Å². The van der Waals surface area contributed by atoms with Crippen molar-refractivity contribution >= 4 is 32.7 Å². The molecule has 0 bridgehead atoms. The summed E-state index contributed by atoms with van der Waals surface area (Å²) in [6, 6.07) is 17.7. The molecule has 5 nitrogen and oxygen atoms in total. The molecule has 0 unspecified atom stereocenters. The van der Waals surface area contributed by atoms with Crippen molar-refractivity contribution in [1.82, 2.24) is 19.7 Å². The van der Waals surface area contributed by atoms with E-state index in [1.165, 1.54) is 0 Å². The number of hydrogen-bond acceptors (Lipinski definition) is 3. The molecule has 30 heavy (non-hydrogen) atoms. The Bertz CT molecular complexity index is 1220. The van der Waals surface area contributed by atoms with Crippen molar-refractivity contribution in [3.8, 4) is 11.3 Å². The highest BCUT2D eigenvalue weighted by atomic mass is 79.9. The minimum Gasteiger partial charge on any atom is -0.337 e. The molecule has 2 aromatic heterocycles. The highest BCUT2D eigenvalue weighted by molar-refractivity contribution is 9.10. The van der Waals surface area contributed by atoms with Crippen molar-refractivity contribution in [3.63, 3.8) is 0 Å². The van der Waals surface area contributed by atoms with E-state index in [9.17, 15) is 4.79 Å². The van der Waals surface area contributed by atoms with E-state index in [0.717, 1.165) is 44.4 Å². The minimum atomic E-state index is -0.0404. The Kier molecular flexibility index (Phi) is 5.68. The standard InChI is InChI=1S/C24H23BrN4O/c1-4-29-15-18(16(2)27-29)14-28(3)24(30)21-13-23(17-8-6-5-7-9-17)26-22-11-10-19(25)12-20(21)22/h5-13,15H,4,14H2,1-3H3. The topological polar surface area (TPSA) is 51.0 Å².